The van der Waals surface area contributed by atoms with Crippen LogP contribution in [-0.4, -0.2) is 48.1 Å². The zero-order chi connectivity index (χ0) is 12.8. The van der Waals surface area contributed by atoms with Crippen LogP contribution < -0.4 is 5.32 Å². The van der Waals surface area contributed by atoms with E-state index in [9.17, 15) is 0 Å². The first-order valence-electron chi connectivity index (χ1n) is 7.07. The molecule has 0 radical (unpaired) electrons. The Morgan fingerprint density at radius 1 is 1.24 bits per heavy atom. The smallest absolute Gasteiger partial charge is 0.0244 e. The van der Waals surface area contributed by atoms with Crippen LogP contribution in [-0.2, 0) is 0 Å². The molecule has 0 amide bonds. The maximum Gasteiger partial charge on any atom is 0.0244 e. The van der Waals surface area contributed by atoms with Crippen LogP contribution in [0.15, 0.2) is 0 Å². The monoisotopic (exact) mass is 258 g/mol. The molecule has 1 N–H and O–H groups in total. The summed E-state index contributed by atoms with van der Waals surface area (Å²) < 4.78 is 0. The molecule has 102 valence electrons. The summed E-state index contributed by atoms with van der Waals surface area (Å²) in [5.74, 6) is 2.79. The van der Waals surface area contributed by atoms with Gasteiger partial charge in [0, 0.05) is 36.7 Å². The SMILES string of the molecule is CC(C)CNCC(C(C)C)N1CCSC(C)C1. The van der Waals surface area contributed by atoms with Gasteiger partial charge in [0.15, 0.2) is 0 Å². The zero-order valence-corrected chi connectivity index (χ0v) is 13.0. The number of thioether (sulfide) groups is 1. The van der Waals surface area contributed by atoms with E-state index >= 15 is 0 Å². The zero-order valence-electron chi connectivity index (χ0n) is 12.2. The highest BCUT2D eigenvalue weighted by atomic mass is 32.2. The van der Waals surface area contributed by atoms with E-state index in [4.69, 9.17) is 0 Å². The van der Waals surface area contributed by atoms with Gasteiger partial charge >= 0.3 is 0 Å². The van der Waals surface area contributed by atoms with E-state index in [1.165, 1.54) is 18.8 Å². The molecule has 0 spiro atoms. The molecule has 0 saturated carbocycles. The Bertz CT molecular complexity index is 206. The Morgan fingerprint density at radius 3 is 2.47 bits per heavy atom. The van der Waals surface area contributed by atoms with Crippen molar-refractivity contribution in [2.75, 3.05) is 31.9 Å². The van der Waals surface area contributed by atoms with Crippen molar-refractivity contribution in [2.45, 2.75) is 45.9 Å². The van der Waals surface area contributed by atoms with E-state index in [1.807, 2.05) is 0 Å². The Hall–Kier alpha value is 0.270. The van der Waals surface area contributed by atoms with E-state index in [-0.39, 0.29) is 0 Å². The summed E-state index contributed by atoms with van der Waals surface area (Å²) in [4.78, 5) is 2.69. The summed E-state index contributed by atoms with van der Waals surface area (Å²) >= 11 is 2.12. The predicted octanol–water partition coefficient (Wildman–Crippen LogP) is 2.69. The summed E-state index contributed by atoms with van der Waals surface area (Å²) in [5, 5.41) is 4.43. The van der Waals surface area contributed by atoms with Crippen molar-refractivity contribution >= 4 is 11.8 Å². The molecule has 17 heavy (non-hydrogen) atoms. The summed E-state index contributed by atoms with van der Waals surface area (Å²) in [6.45, 7) is 16.4. The number of rotatable bonds is 6. The van der Waals surface area contributed by atoms with E-state index < -0.39 is 0 Å². The lowest BCUT2D eigenvalue weighted by atomic mass is 10.0. The molecule has 1 heterocycles. The minimum absolute atomic E-state index is 0.706. The second-order valence-electron chi connectivity index (χ2n) is 6.04. The van der Waals surface area contributed by atoms with Gasteiger partial charge in [-0.15, -0.1) is 0 Å². The Kier molecular flexibility index (Phi) is 6.90. The first-order valence-corrected chi connectivity index (χ1v) is 8.12. The van der Waals surface area contributed by atoms with E-state index in [1.54, 1.807) is 0 Å². The van der Waals surface area contributed by atoms with Crippen molar-refractivity contribution in [3.63, 3.8) is 0 Å². The lowest BCUT2D eigenvalue weighted by Crippen LogP contribution is -2.50. The topological polar surface area (TPSA) is 15.3 Å². The third kappa shape index (κ3) is 5.62. The van der Waals surface area contributed by atoms with E-state index in [2.05, 4.69) is 56.6 Å². The molecule has 0 aliphatic carbocycles. The van der Waals surface area contributed by atoms with Gasteiger partial charge in [0.2, 0.25) is 0 Å². The van der Waals surface area contributed by atoms with Crippen molar-refractivity contribution in [2.24, 2.45) is 11.8 Å². The Labute approximate surface area is 112 Å². The maximum atomic E-state index is 3.63. The third-order valence-electron chi connectivity index (χ3n) is 3.42. The van der Waals surface area contributed by atoms with Crippen molar-refractivity contribution in [3.05, 3.63) is 0 Å². The van der Waals surface area contributed by atoms with Gasteiger partial charge in [0.25, 0.3) is 0 Å². The number of nitrogens with one attached hydrogen (secondary N) is 1. The molecule has 0 bridgehead atoms. The van der Waals surface area contributed by atoms with Crippen LogP contribution >= 0.6 is 11.8 Å². The molecule has 2 nitrogen and oxygen atoms in total. The molecular formula is C14H30N2S. The highest BCUT2D eigenvalue weighted by molar-refractivity contribution is 7.99. The molecule has 0 aromatic rings. The van der Waals surface area contributed by atoms with E-state index in [0.717, 1.165) is 30.2 Å². The van der Waals surface area contributed by atoms with Crippen molar-refractivity contribution in [1.82, 2.24) is 10.2 Å². The molecule has 2 unspecified atom stereocenters. The lowest BCUT2D eigenvalue weighted by Gasteiger charge is -2.39. The predicted molar refractivity (Wildman–Crippen MR) is 79.8 cm³/mol. The molecule has 0 aromatic carbocycles. The van der Waals surface area contributed by atoms with Crippen LogP contribution in [0.3, 0.4) is 0 Å². The van der Waals surface area contributed by atoms with E-state index in [0.29, 0.717) is 6.04 Å². The molecule has 2 atom stereocenters. The summed E-state index contributed by atoms with van der Waals surface area (Å²) in [7, 11) is 0. The first kappa shape index (κ1) is 15.3. The largest absolute Gasteiger partial charge is 0.315 e. The maximum absolute atomic E-state index is 3.63. The average molecular weight is 258 g/mol. The fourth-order valence-electron chi connectivity index (χ4n) is 2.45. The highest BCUT2D eigenvalue weighted by Crippen LogP contribution is 2.22. The summed E-state index contributed by atoms with van der Waals surface area (Å²) in [6, 6.07) is 0.706. The van der Waals surface area contributed by atoms with Crippen LogP contribution in [0.25, 0.3) is 0 Å². The lowest BCUT2D eigenvalue weighted by molar-refractivity contribution is 0.157. The van der Waals surface area contributed by atoms with Crippen LogP contribution in [0.5, 0.6) is 0 Å². The Balaban J connectivity index is 2.41. The summed E-state index contributed by atoms with van der Waals surface area (Å²) in [5.41, 5.74) is 0. The molecule has 1 saturated heterocycles. The number of hydrogen-bond donors (Lipinski definition) is 1. The van der Waals surface area contributed by atoms with Crippen LogP contribution in [0.1, 0.15) is 34.6 Å². The van der Waals surface area contributed by atoms with Gasteiger partial charge < -0.3 is 5.32 Å². The third-order valence-corrected chi connectivity index (χ3v) is 4.55. The average Bonchev–Trinajstić information content (AvgIpc) is 2.23. The van der Waals surface area contributed by atoms with Gasteiger partial charge in [-0.05, 0) is 18.4 Å². The minimum atomic E-state index is 0.706. The van der Waals surface area contributed by atoms with Crippen LogP contribution in [0.2, 0.25) is 0 Å². The van der Waals surface area contributed by atoms with Crippen molar-refractivity contribution in [3.8, 4) is 0 Å². The van der Waals surface area contributed by atoms with Crippen molar-refractivity contribution in [1.29, 1.82) is 0 Å². The fraction of sp³-hybridized carbons (Fsp3) is 1.00. The second-order valence-corrected chi connectivity index (χ2v) is 7.59. The second kappa shape index (κ2) is 7.65. The van der Waals surface area contributed by atoms with Gasteiger partial charge in [-0.2, -0.15) is 11.8 Å². The first-order chi connectivity index (χ1) is 8.00. The summed E-state index contributed by atoms with van der Waals surface area (Å²) in [6.07, 6.45) is 0. The normalized spacial score (nSPS) is 24.5. The van der Waals surface area contributed by atoms with Gasteiger partial charge in [-0.1, -0.05) is 34.6 Å². The number of nitrogens with zero attached hydrogens (tertiary/aromatic N) is 1. The van der Waals surface area contributed by atoms with Gasteiger partial charge in [0.1, 0.15) is 0 Å². The van der Waals surface area contributed by atoms with Crippen LogP contribution in [0.4, 0.5) is 0 Å². The standard InChI is InChI=1S/C14H30N2S/c1-11(2)8-15-9-14(12(3)4)16-6-7-17-13(5)10-16/h11-15H,6-10H2,1-5H3. The molecule has 1 aliphatic heterocycles. The molecular weight excluding hydrogens is 228 g/mol. The molecule has 1 aliphatic rings. The quantitative estimate of drug-likeness (QED) is 0.788. The number of hydrogen-bond acceptors (Lipinski definition) is 3. The van der Waals surface area contributed by atoms with Crippen molar-refractivity contribution < 1.29 is 0 Å². The van der Waals surface area contributed by atoms with Gasteiger partial charge in [0.05, 0.1) is 0 Å². The Morgan fingerprint density at radius 2 is 1.94 bits per heavy atom. The fourth-order valence-corrected chi connectivity index (χ4v) is 3.49. The molecule has 1 rings (SSSR count). The molecule has 0 aromatic heterocycles. The minimum Gasteiger partial charge on any atom is -0.315 e. The molecule has 3 heteroatoms. The highest BCUT2D eigenvalue weighted by Gasteiger charge is 2.25. The van der Waals surface area contributed by atoms with Gasteiger partial charge in [-0.25, -0.2) is 0 Å². The van der Waals surface area contributed by atoms with Gasteiger partial charge in [-0.3, -0.25) is 4.90 Å². The molecule has 1 fully saturated rings. The van der Waals surface area contributed by atoms with Crippen LogP contribution in [0, 0.1) is 11.8 Å².